The number of esters is 1. The van der Waals surface area contributed by atoms with Gasteiger partial charge < -0.3 is 63.1 Å². The third-order valence-corrected chi connectivity index (χ3v) is 16.0. The lowest BCUT2D eigenvalue weighted by molar-refractivity contribution is -0.365. The van der Waals surface area contributed by atoms with E-state index in [-0.39, 0.29) is 50.1 Å². The van der Waals surface area contributed by atoms with Gasteiger partial charge in [-0.05, 0) is 90.9 Å². The molecule has 0 saturated carbocycles. The van der Waals surface area contributed by atoms with Crippen LogP contribution in [-0.4, -0.2) is 141 Å². The number of fused-ring (bicyclic) bond motifs is 10. The Labute approximate surface area is 365 Å². The Morgan fingerprint density at radius 3 is 2.39 bits per heavy atom. The van der Waals surface area contributed by atoms with Gasteiger partial charge in [0.05, 0.1) is 48.6 Å². The van der Waals surface area contributed by atoms with E-state index in [0.29, 0.717) is 57.8 Å². The molecule has 19 atom stereocenters. The maximum atomic E-state index is 14.1. The highest BCUT2D eigenvalue weighted by atomic mass is 16.8. The van der Waals surface area contributed by atoms with E-state index in [2.05, 4.69) is 19.9 Å². The average Bonchev–Trinajstić information content (AvgIpc) is 4.06. The molecule has 4 N–H and O–H groups in total. The smallest absolute Gasteiger partial charge is 0.311 e. The Balaban J connectivity index is 1.01. The number of Topliss-reactive ketones (excluding diaryl/α,β-unsaturated/α-hetero) is 1. The van der Waals surface area contributed by atoms with Crippen molar-refractivity contribution in [2.45, 2.75) is 227 Å². The van der Waals surface area contributed by atoms with Crippen molar-refractivity contribution in [2.75, 3.05) is 13.2 Å². The number of aliphatic hydroxyl groups is 4. The predicted octanol–water partition coefficient (Wildman–Crippen LogP) is 4.23. The Kier molecular flexibility index (Phi) is 12.0. The van der Waals surface area contributed by atoms with Crippen molar-refractivity contribution in [1.82, 2.24) is 0 Å². The summed E-state index contributed by atoms with van der Waals surface area (Å²) < 4.78 is 58.8. The van der Waals surface area contributed by atoms with E-state index < -0.39 is 107 Å². The van der Waals surface area contributed by atoms with Gasteiger partial charge in [0.1, 0.15) is 48.3 Å². The Bertz CT molecular complexity index is 1770. The average molecular weight is 875 g/mol. The monoisotopic (exact) mass is 874 g/mol. The van der Waals surface area contributed by atoms with Crippen molar-refractivity contribution in [3.63, 3.8) is 0 Å². The van der Waals surface area contributed by atoms with Gasteiger partial charge in [0.15, 0.2) is 17.4 Å². The molecular formula is C47H70O15. The van der Waals surface area contributed by atoms with E-state index >= 15 is 0 Å². The quantitative estimate of drug-likeness (QED) is 0.288. The van der Waals surface area contributed by atoms with Gasteiger partial charge in [-0.1, -0.05) is 37.6 Å². The maximum absolute atomic E-state index is 14.1. The SMILES string of the molecule is CC1=C/[C@H](C)C[C@@]2(C)CC[C@@H](O2)[C@@]23CC[C@@](CO)(C[C@@H](O2)[C@H]2O[C@](C)(CC2=O)[C@@H](O)[C@@H]2CC[C@@]4(CCC[C@H](O4)[C@@H](C)C(=O)O[C@@H]4C[C@@H]([C@@]5(O)OCC[C@@H](C)[C@H]5O)O[C@@H]4\C=C\1)O2)O3. The van der Waals surface area contributed by atoms with Crippen molar-refractivity contribution < 1.29 is 72.6 Å². The summed E-state index contributed by atoms with van der Waals surface area (Å²) in [6.07, 6.45) is 4.76. The fourth-order valence-electron chi connectivity index (χ4n) is 12.5. The number of hydrogen-bond acceptors (Lipinski definition) is 15. The molecule has 15 heteroatoms. The number of ketones is 1. The van der Waals surface area contributed by atoms with Crippen LogP contribution in [0.3, 0.4) is 0 Å². The van der Waals surface area contributed by atoms with Crippen LogP contribution < -0.4 is 0 Å². The van der Waals surface area contributed by atoms with Crippen LogP contribution in [0.1, 0.15) is 131 Å². The minimum absolute atomic E-state index is 0.0379. The molecule has 0 radical (unpaired) electrons. The summed E-state index contributed by atoms with van der Waals surface area (Å²) >= 11 is 0. The molecule has 0 aromatic heterocycles. The first kappa shape index (κ1) is 45.3. The fourth-order valence-corrected chi connectivity index (χ4v) is 12.5. The molecule has 8 saturated heterocycles. The lowest BCUT2D eigenvalue weighted by Gasteiger charge is -2.47. The van der Waals surface area contributed by atoms with E-state index in [1.165, 1.54) is 0 Å². The zero-order valence-electron chi connectivity index (χ0n) is 37.3. The summed E-state index contributed by atoms with van der Waals surface area (Å²) in [5.41, 5.74) is -1.73. The zero-order chi connectivity index (χ0) is 44.0. The Morgan fingerprint density at radius 1 is 0.806 bits per heavy atom. The first-order valence-corrected chi connectivity index (χ1v) is 23.5. The molecular weight excluding hydrogens is 805 g/mol. The molecule has 0 unspecified atom stereocenters. The summed E-state index contributed by atoms with van der Waals surface area (Å²) in [5, 5.41) is 45.5. The second kappa shape index (κ2) is 16.5. The number of hydrogen-bond donors (Lipinski definition) is 4. The summed E-state index contributed by atoms with van der Waals surface area (Å²) in [7, 11) is 0. The third kappa shape index (κ3) is 8.09. The molecule has 8 fully saturated rings. The molecule has 9 aliphatic heterocycles. The molecule has 9 rings (SSSR count). The Hall–Kier alpha value is -1.86. The molecule has 9 aliphatic rings. The second-order valence-electron chi connectivity index (χ2n) is 21.2. The largest absolute Gasteiger partial charge is 0.459 e. The molecule has 0 aliphatic carbocycles. The molecule has 0 aromatic carbocycles. The number of carbonyl (C=O) groups excluding carboxylic acids is 2. The Morgan fingerprint density at radius 2 is 1.60 bits per heavy atom. The fraction of sp³-hybridized carbons (Fsp3) is 0.872. The minimum Gasteiger partial charge on any atom is -0.459 e. The molecule has 9 heterocycles. The predicted molar refractivity (Wildman–Crippen MR) is 219 cm³/mol. The molecule has 0 amide bonds. The minimum atomic E-state index is -1.97. The first-order valence-electron chi connectivity index (χ1n) is 23.5. The standard InChI is InChI=1S/C47H70O15/c1-26-9-10-32-34(21-37(55-32)47(53)39(50)28(3)13-19-54-47)56-41(52)29(4)31-8-7-14-45(57-31)16-11-33(58-45)40(51)43(6)23-30(49)38(61-43)35-24-44(25-48)17-18-46(59-35,62-44)36-12-15-42(5,60-36)22-27(2)20-26/h9-10,20,27-29,31-40,48,50-51,53H,7-8,11-19,21-25H2,1-6H3/b10-9+,26-20-/t27-,28+,29+,31-,32+,33-,34+,35+,36+,37-,38-,39+,40-,42+,43+,44-,45+,46-,47+/m0/s1. The molecule has 15 nitrogen and oxygen atoms in total. The summed E-state index contributed by atoms with van der Waals surface area (Å²) in [6.45, 7) is 11.7. The summed E-state index contributed by atoms with van der Waals surface area (Å²) in [6, 6.07) is 0. The van der Waals surface area contributed by atoms with Gasteiger partial charge in [0.2, 0.25) is 5.79 Å². The second-order valence-corrected chi connectivity index (χ2v) is 21.2. The highest BCUT2D eigenvalue weighted by Gasteiger charge is 2.66. The van der Waals surface area contributed by atoms with Crippen LogP contribution in [0.5, 0.6) is 0 Å². The summed E-state index contributed by atoms with van der Waals surface area (Å²) in [5.74, 6) is -5.63. The van der Waals surface area contributed by atoms with Crippen molar-refractivity contribution >= 4 is 11.8 Å². The van der Waals surface area contributed by atoms with Crippen molar-refractivity contribution in [3.8, 4) is 0 Å². The normalized spacial score (nSPS) is 55.0. The van der Waals surface area contributed by atoms with Crippen molar-refractivity contribution in [2.24, 2.45) is 17.8 Å². The molecule has 348 valence electrons. The van der Waals surface area contributed by atoms with E-state index in [4.69, 9.17) is 42.6 Å². The van der Waals surface area contributed by atoms with Gasteiger partial charge in [-0.15, -0.1) is 0 Å². The lowest BCUT2D eigenvalue weighted by atomic mass is 9.87. The highest BCUT2D eigenvalue weighted by Crippen LogP contribution is 2.55. The van der Waals surface area contributed by atoms with Crippen LogP contribution in [0.25, 0.3) is 0 Å². The van der Waals surface area contributed by atoms with E-state index in [9.17, 15) is 30.0 Å². The molecule has 62 heavy (non-hydrogen) atoms. The number of carbonyl (C=O) groups is 2. The van der Waals surface area contributed by atoms with Gasteiger partial charge in [-0.3, -0.25) is 9.59 Å². The van der Waals surface area contributed by atoms with Crippen molar-refractivity contribution in [1.29, 1.82) is 0 Å². The van der Waals surface area contributed by atoms with Crippen LogP contribution in [0.4, 0.5) is 0 Å². The van der Waals surface area contributed by atoms with Gasteiger partial charge in [0.25, 0.3) is 0 Å². The van der Waals surface area contributed by atoms with E-state index in [1.807, 2.05) is 26.0 Å². The first-order chi connectivity index (χ1) is 29.3. The highest BCUT2D eigenvalue weighted by molar-refractivity contribution is 5.86. The van der Waals surface area contributed by atoms with Gasteiger partial charge >= 0.3 is 5.97 Å². The van der Waals surface area contributed by atoms with Crippen LogP contribution >= 0.6 is 0 Å². The zero-order valence-corrected chi connectivity index (χ0v) is 37.3. The third-order valence-electron chi connectivity index (χ3n) is 16.0. The van der Waals surface area contributed by atoms with E-state index in [0.717, 1.165) is 18.4 Å². The van der Waals surface area contributed by atoms with Crippen LogP contribution in [-0.2, 0) is 52.2 Å². The van der Waals surface area contributed by atoms with E-state index in [1.54, 1.807) is 13.8 Å². The maximum Gasteiger partial charge on any atom is 0.311 e. The summed E-state index contributed by atoms with van der Waals surface area (Å²) in [4.78, 5) is 28.0. The van der Waals surface area contributed by atoms with Crippen LogP contribution in [0.15, 0.2) is 23.8 Å². The number of ether oxygens (including phenoxy) is 9. The van der Waals surface area contributed by atoms with Gasteiger partial charge in [-0.25, -0.2) is 0 Å². The number of rotatable bonds is 2. The topological polar surface area (TPSA) is 198 Å². The van der Waals surface area contributed by atoms with Gasteiger partial charge in [-0.2, -0.15) is 0 Å². The van der Waals surface area contributed by atoms with Gasteiger partial charge in [0, 0.05) is 38.5 Å². The number of allylic oxidation sites excluding steroid dienone is 3. The lowest BCUT2D eigenvalue weighted by Crippen LogP contribution is -2.59. The number of aliphatic hydroxyl groups excluding tert-OH is 3. The van der Waals surface area contributed by atoms with Crippen LogP contribution in [0, 0.1) is 17.8 Å². The van der Waals surface area contributed by atoms with Crippen molar-refractivity contribution in [3.05, 3.63) is 23.8 Å². The molecule has 2 spiro atoms. The molecule has 0 aromatic rings. The molecule has 10 bridgehead atoms. The van der Waals surface area contributed by atoms with Crippen LogP contribution in [0.2, 0.25) is 0 Å².